The molecule has 0 aliphatic rings. The number of benzene rings is 1. The molecule has 0 aliphatic carbocycles. The molecule has 0 saturated heterocycles. The number of ether oxygens (including phenoxy) is 3. The normalized spacial score (nSPS) is 13.4. The van der Waals surface area contributed by atoms with Gasteiger partial charge in [0.2, 0.25) is 5.91 Å². The third kappa shape index (κ3) is 4.63. The number of rotatable bonds is 8. The molecule has 1 aromatic carbocycles. The molecule has 1 N–H and O–H groups in total. The molecule has 118 valence electrons. The average Bonchev–Trinajstić information content (AvgIpc) is 2.51. The molecule has 1 aromatic rings. The maximum atomic E-state index is 12.2. The van der Waals surface area contributed by atoms with Crippen LogP contribution in [0.2, 0.25) is 0 Å². The van der Waals surface area contributed by atoms with Crippen molar-refractivity contribution in [2.45, 2.75) is 39.3 Å². The van der Waals surface area contributed by atoms with Crippen molar-refractivity contribution >= 4 is 5.91 Å². The molecule has 0 saturated carbocycles. The Kier molecular flexibility index (Phi) is 7.02. The predicted octanol–water partition coefficient (Wildman–Crippen LogP) is 2.70. The first-order valence-electron chi connectivity index (χ1n) is 7.21. The largest absolute Gasteiger partial charge is 0.497 e. The van der Waals surface area contributed by atoms with Gasteiger partial charge in [-0.15, -0.1) is 0 Å². The van der Waals surface area contributed by atoms with Crippen LogP contribution in [-0.4, -0.2) is 32.8 Å². The summed E-state index contributed by atoms with van der Waals surface area (Å²) in [5, 5.41) is 2.96. The second kappa shape index (κ2) is 8.52. The van der Waals surface area contributed by atoms with Crippen molar-refractivity contribution < 1.29 is 19.0 Å². The molecular weight excluding hydrogens is 270 g/mol. The van der Waals surface area contributed by atoms with Crippen molar-refractivity contribution in [2.75, 3.05) is 20.8 Å². The first-order chi connectivity index (χ1) is 10.1. The van der Waals surface area contributed by atoms with Crippen LogP contribution < -0.4 is 14.8 Å². The summed E-state index contributed by atoms with van der Waals surface area (Å²) in [6.45, 7) is 6.23. The Morgan fingerprint density at radius 2 is 1.95 bits per heavy atom. The van der Waals surface area contributed by atoms with Crippen LogP contribution in [-0.2, 0) is 9.53 Å². The van der Waals surface area contributed by atoms with E-state index in [-0.39, 0.29) is 11.9 Å². The van der Waals surface area contributed by atoms with Crippen LogP contribution in [0.4, 0.5) is 0 Å². The highest BCUT2D eigenvalue weighted by Gasteiger charge is 2.21. The van der Waals surface area contributed by atoms with E-state index in [0.717, 1.165) is 11.3 Å². The lowest BCUT2D eigenvalue weighted by Gasteiger charge is -2.21. The van der Waals surface area contributed by atoms with Crippen LogP contribution in [0, 0.1) is 0 Å². The van der Waals surface area contributed by atoms with Crippen molar-refractivity contribution in [1.29, 1.82) is 0 Å². The van der Waals surface area contributed by atoms with E-state index in [9.17, 15) is 4.79 Å². The third-order valence-corrected chi connectivity index (χ3v) is 3.29. The first kappa shape index (κ1) is 17.3. The smallest absolute Gasteiger partial charge is 0.249 e. The SMILES string of the molecule is CCO[C@@H](CC)C(=O)N[C@H](C)c1cc(OC)ccc1OC. The number of hydrogen-bond donors (Lipinski definition) is 1. The van der Waals surface area contributed by atoms with Crippen molar-refractivity contribution in [3.8, 4) is 11.5 Å². The van der Waals surface area contributed by atoms with E-state index in [2.05, 4.69) is 5.32 Å². The zero-order valence-electron chi connectivity index (χ0n) is 13.4. The number of nitrogens with one attached hydrogen (secondary N) is 1. The quantitative estimate of drug-likeness (QED) is 0.801. The zero-order valence-corrected chi connectivity index (χ0v) is 13.4. The van der Waals surface area contributed by atoms with E-state index in [1.54, 1.807) is 14.2 Å². The molecule has 5 nitrogen and oxygen atoms in total. The lowest BCUT2D eigenvalue weighted by molar-refractivity contribution is -0.133. The Morgan fingerprint density at radius 1 is 1.24 bits per heavy atom. The summed E-state index contributed by atoms with van der Waals surface area (Å²) in [6.07, 6.45) is 0.218. The molecule has 0 aliphatic heterocycles. The minimum Gasteiger partial charge on any atom is -0.497 e. The van der Waals surface area contributed by atoms with E-state index in [1.165, 1.54) is 0 Å². The Morgan fingerprint density at radius 3 is 2.48 bits per heavy atom. The Balaban J connectivity index is 2.87. The minimum atomic E-state index is -0.422. The van der Waals surface area contributed by atoms with Crippen molar-refractivity contribution in [3.05, 3.63) is 23.8 Å². The van der Waals surface area contributed by atoms with Gasteiger partial charge in [0, 0.05) is 12.2 Å². The van der Waals surface area contributed by atoms with Gasteiger partial charge >= 0.3 is 0 Å². The van der Waals surface area contributed by atoms with Crippen LogP contribution in [0.5, 0.6) is 11.5 Å². The van der Waals surface area contributed by atoms with Gasteiger partial charge < -0.3 is 19.5 Å². The monoisotopic (exact) mass is 295 g/mol. The van der Waals surface area contributed by atoms with Gasteiger partial charge in [-0.2, -0.15) is 0 Å². The number of carbonyl (C=O) groups is 1. The van der Waals surface area contributed by atoms with Crippen LogP contribution in [0.3, 0.4) is 0 Å². The summed E-state index contributed by atoms with van der Waals surface area (Å²) in [4.78, 5) is 12.2. The molecule has 0 spiro atoms. The molecule has 0 bridgehead atoms. The summed E-state index contributed by atoms with van der Waals surface area (Å²) in [6, 6.07) is 5.32. The Hall–Kier alpha value is -1.75. The van der Waals surface area contributed by atoms with E-state index in [1.807, 2.05) is 39.0 Å². The van der Waals surface area contributed by atoms with E-state index in [0.29, 0.717) is 18.8 Å². The van der Waals surface area contributed by atoms with Crippen LogP contribution in [0.25, 0.3) is 0 Å². The summed E-state index contributed by atoms with van der Waals surface area (Å²) in [5.74, 6) is 1.33. The van der Waals surface area contributed by atoms with Gasteiger partial charge in [-0.3, -0.25) is 4.79 Å². The molecular formula is C16H25NO4. The van der Waals surface area contributed by atoms with Crippen molar-refractivity contribution in [3.63, 3.8) is 0 Å². The maximum absolute atomic E-state index is 12.2. The standard InChI is InChI=1S/C16H25NO4/c1-6-14(21-7-2)16(18)17-11(3)13-10-12(19-4)8-9-15(13)20-5/h8-11,14H,6-7H2,1-5H3,(H,17,18)/t11-,14+/m1/s1. The van der Waals surface area contributed by atoms with Crippen LogP contribution >= 0.6 is 0 Å². The van der Waals surface area contributed by atoms with Gasteiger partial charge in [0.1, 0.15) is 17.6 Å². The maximum Gasteiger partial charge on any atom is 0.249 e. The topological polar surface area (TPSA) is 56.8 Å². The van der Waals surface area contributed by atoms with Gasteiger partial charge in [-0.1, -0.05) is 6.92 Å². The molecule has 21 heavy (non-hydrogen) atoms. The molecule has 1 amide bonds. The van der Waals surface area contributed by atoms with Crippen LogP contribution in [0.1, 0.15) is 38.8 Å². The predicted molar refractivity (Wildman–Crippen MR) is 81.8 cm³/mol. The van der Waals surface area contributed by atoms with Crippen molar-refractivity contribution in [2.24, 2.45) is 0 Å². The second-order valence-corrected chi connectivity index (χ2v) is 4.69. The highest BCUT2D eigenvalue weighted by molar-refractivity contribution is 5.81. The average molecular weight is 295 g/mol. The minimum absolute atomic E-state index is 0.114. The summed E-state index contributed by atoms with van der Waals surface area (Å²) in [5.41, 5.74) is 0.872. The zero-order chi connectivity index (χ0) is 15.8. The van der Waals surface area contributed by atoms with Gasteiger partial charge in [0.25, 0.3) is 0 Å². The highest BCUT2D eigenvalue weighted by atomic mass is 16.5. The second-order valence-electron chi connectivity index (χ2n) is 4.69. The Bertz CT molecular complexity index is 462. The lowest BCUT2D eigenvalue weighted by atomic mass is 10.1. The van der Waals surface area contributed by atoms with Gasteiger partial charge in [-0.25, -0.2) is 0 Å². The molecule has 0 heterocycles. The Labute approximate surface area is 126 Å². The molecule has 0 fully saturated rings. The van der Waals surface area contributed by atoms with E-state index < -0.39 is 6.10 Å². The molecule has 2 atom stereocenters. The highest BCUT2D eigenvalue weighted by Crippen LogP contribution is 2.29. The van der Waals surface area contributed by atoms with E-state index >= 15 is 0 Å². The molecule has 5 heteroatoms. The molecule has 1 rings (SSSR count). The third-order valence-electron chi connectivity index (χ3n) is 3.29. The fraction of sp³-hybridized carbons (Fsp3) is 0.562. The number of carbonyl (C=O) groups excluding carboxylic acids is 1. The van der Waals surface area contributed by atoms with Crippen LogP contribution in [0.15, 0.2) is 18.2 Å². The lowest BCUT2D eigenvalue weighted by Crippen LogP contribution is -2.37. The molecule has 0 unspecified atom stereocenters. The fourth-order valence-corrected chi connectivity index (χ4v) is 2.14. The number of hydrogen-bond acceptors (Lipinski definition) is 4. The number of methoxy groups -OCH3 is 2. The number of amides is 1. The summed E-state index contributed by atoms with van der Waals surface area (Å²) >= 11 is 0. The summed E-state index contributed by atoms with van der Waals surface area (Å²) in [7, 11) is 3.21. The summed E-state index contributed by atoms with van der Waals surface area (Å²) < 4.78 is 16.0. The van der Waals surface area contributed by atoms with Gasteiger partial charge in [0.15, 0.2) is 0 Å². The first-order valence-corrected chi connectivity index (χ1v) is 7.21. The van der Waals surface area contributed by atoms with E-state index in [4.69, 9.17) is 14.2 Å². The fourth-order valence-electron chi connectivity index (χ4n) is 2.14. The molecule has 0 radical (unpaired) electrons. The van der Waals surface area contributed by atoms with Gasteiger partial charge in [0.05, 0.1) is 20.3 Å². The molecule has 0 aromatic heterocycles. The van der Waals surface area contributed by atoms with Gasteiger partial charge in [-0.05, 0) is 38.5 Å². The van der Waals surface area contributed by atoms with Crippen molar-refractivity contribution in [1.82, 2.24) is 5.32 Å².